The van der Waals surface area contributed by atoms with E-state index in [1.54, 1.807) is 32.2 Å². The number of benzene rings is 1. The molecule has 0 N–H and O–H groups in total. The van der Waals surface area contributed by atoms with Crippen molar-refractivity contribution in [3.63, 3.8) is 0 Å². The minimum Gasteiger partial charge on any atom is -0.496 e. The normalized spacial score (nSPS) is 13.0. The van der Waals surface area contributed by atoms with E-state index in [2.05, 4.69) is 0 Å². The number of hydrogen-bond acceptors (Lipinski definition) is 5. The standard InChI is InChI=1S/C17H17NO4/c1-3-21-17(19)13(11-18)16(15-9-6-10-22-15)12-7-4-5-8-14(12)20-2/h4-10,13,16H,3H2,1-2H3/t13-,16+/m0/s1. The zero-order valence-electron chi connectivity index (χ0n) is 12.5. The highest BCUT2D eigenvalue weighted by atomic mass is 16.5. The van der Waals surface area contributed by atoms with Gasteiger partial charge in [-0.15, -0.1) is 0 Å². The quantitative estimate of drug-likeness (QED) is 0.766. The van der Waals surface area contributed by atoms with Gasteiger partial charge in [0.15, 0.2) is 5.92 Å². The lowest BCUT2D eigenvalue weighted by Crippen LogP contribution is -2.24. The van der Waals surface area contributed by atoms with Crippen LogP contribution in [0, 0.1) is 17.2 Å². The molecular weight excluding hydrogens is 282 g/mol. The number of nitriles is 1. The second-order valence-electron chi connectivity index (χ2n) is 4.59. The van der Waals surface area contributed by atoms with Crippen LogP contribution in [-0.4, -0.2) is 19.7 Å². The Labute approximate surface area is 129 Å². The van der Waals surface area contributed by atoms with Gasteiger partial charge in [-0.05, 0) is 25.1 Å². The van der Waals surface area contributed by atoms with Gasteiger partial charge >= 0.3 is 5.97 Å². The minimum atomic E-state index is -1.01. The molecule has 0 radical (unpaired) electrons. The zero-order chi connectivity index (χ0) is 15.9. The molecule has 1 aromatic heterocycles. The zero-order valence-corrected chi connectivity index (χ0v) is 12.5. The van der Waals surface area contributed by atoms with E-state index in [-0.39, 0.29) is 6.61 Å². The summed E-state index contributed by atoms with van der Waals surface area (Å²) >= 11 is 0. The van der Waals surface area contributed by atoms with Crippen LogP contribution >= 0.6 is 0 Å². The Hall–Kier alpha value is -2.74. The van der Waals surface area contributed by atoms with Gasteiger partial charge in [0.2, 0.25) is 0 Å². The molecule has 0 saturated heterocycles. The molecule has 0 unspecified atom stereocenters. The van der Waals surface area contributed by atoms with E-state index in [1.807, 2.05) is 24.3 Å². The lowest BCUT2D eigenvalue weighted by atomic mass is 9.84. The number of nitrogens with zero attached hydrogens (tertiary/aromatic N) is 1. The fraction of sp³-hybridized carbons (Fsp3) is 0.294. The summed E-state index contributed by atoms with van der Waals surface area (Å²) in [5, 5.41) is 9.48. The maximum atomic E-state index is 12.2. The van der Waals surface area contributed by atoms with Gasteiger partial charge in [-0.2, -0.15) is 5.26 Å². The van der Waals surface area contributed by atoms with Crippen molar-refractivity contribution < 1.29 is 18.7 Å². The number of carbonyl (C=O) groups excluding carboxylic acids is 1. The Morgan fingerprint density at radius 1 is 1.32 bits per heavy atom. The van der Waals surface area contributed by atoms with Crippen molar-refractivity contribution >= 4 is 5.97 Å². The Bertz CT molecular complexity index is 658. The van der Waals surface area contributed by atoms with Crippen LogP contribution in [0.15, 0.2) is 47.1 Å². The van der Waals surface area contributed by atoms with Crippen LogP contribution in [0.5, 0.6) is 5.75 Å². The number of hydrogen-bond donors (Lipinski definition) is 0. The summed E-state index contributed by atoms with van der Waals surface area (Å²) in [5.41, 5.74) is 0.708. The fourth-order valence-corrected chi connectivity index (χ4v) is 2.38. The van der Waals surface area contributed by atoms with E-state index in [1.165, 1.54) is 6.26 Å². The van der Waals surface area contributed by atoms with E-state index in [0.29, 0.717) is 17.1 Å². The lowest BCUT2D eigenvalue weighted by Gasteiger charge is -2.21. The molecule has 22 heavy (non-hydrogen) atoms. The number of ether oxygens (including phenoxy) is 2. The number of carbonyl (C=O) groups is 1. The Balaban J connectivity index is 2.52. The summed E-state index contributed by atoms with van der Waals surface area (Å²) in [5.74, 6) is -1.06. The number of para-hydroxylation sites is 1. The molecule has 2 rings (SSSR count). The van der Waals surface area contributed by atoms with Gasteiger partial charge in [0.05, 0.1) is 32.0 Å². The van der Waals surface area contributed by atoms with Crippen LogP contribution in [-0.2, 0) is 9.53 Å². The number of methoxy groups -OCH3 is 1. The first-order chi connectivity index (χ1) is 10.7. The van der Waals surface area contributed by atoms with E-state index < -0.39 is 17.8 Å². The molecule has 5 nitrogen and oxygen atoms in total. The third-order valence-corrected chi connectivity index (χ3v) is 3.34. The predicted molar refractivity (Wildman–Crippen MR) is 79.3 cm³/mol. The molecule has 114 valence electrons. The number of rotatable bonds is 6. The summed E-state index contributed by atoms with van der Waals surface area (Å²) in [6.07, 6.45) is 1.51. The average molecular weight is 299 g/mol. The molecule has 0 aliphatic rings. The molecule has 1 aromatic carbocycles. The van der Waals surface area contributed by atoms with Crippen LogP contribution in [0.4, 0.5) is 0 Å². The average Bonchev–Trinajstić information content (AvgIpc) is 3.06. The Morgan fingerprint density at radius 2 is 2.09 bits per heavy atom. The number of esters is 1. The third-order valence-electron chi connectivity index (χ3n) is 3.34. The maximum Gasteiger partial charge on any atom is 0.324 e. The molecular formula is C17H17NO4. The predicted octanol–water partition coefficient (Wildman–Crippen LogP) is 3.12. The summed E-state index contributed by atoms with van der Waals surface area (Å²) < 4.78 is 15.8. The monoisotopic (exact) mass is 299 g/mol. The second kappa shape index (κ2) is 7.32. The Morgan fingerprint density at radius 3 is 2.68 bits per heavy atom. The van der Waals surface area contributed by atoms with E-state index in [0.717, 1.165) is 0 Å². The number of furan rings is 1. The molecule has 0 aliphatic heterocycles. The molecule has 2 aromatic rings. The van der Waals surface area contributed by atoms with Gasteiger partial charge in [0.1, 0.15) is 11.5 Å². The highest BCUT2D eigenvalue weighted by Gasteiger charge is 2.35. The van der Waals surface area contributed by atoms with Gasteiger partial charge in [0.25, 0.3) is 0 Å². The lowest BCUT2D eigenvalue weighted by molar-refractivity contribution is -0.146. The van der Waals surface area contributed by atoms with E-state index >= 15 is 0 Å². The molecule has 0 fully saturated rings. The molecule has 0 amide bonds. The summed E-state index contributed by atoms with van der Waals surface area (Å²) in [7, 11) is 1.55. The second-order valence-corrected chi connectivity index (χ2v) is 4.59. The van der Waals surface area contributed by atoms with E-state index in [9.17, 15) is 10.1 Å². The summed E-state index contributed by atoms with van der Waals surface area (Å²) in [4.78, 5) is 12.2. The van der Waals surface area contributed by atoms with Crippen LogP contribution in [0.2, 0.25) is 0 Å². The molecule has 0 aliphatic carbocycles. The first-order valence-corrected chi connectivity index (χ1v) is 6.95. The third kappa shape index (κ3) is 3.12. The van der Waals surface area contributed by atoms with Crippen molar-refractivity contribution in [1.29, 1.82) is 5.26 Å². The van der Waals surface area contributed by atoms with Crippen LogP contribution in [0.1, 0.15) is 24.2 Å². The van der Waals surface area contributed by atoms with Crippen molar-refractivity contribution in [2.75, 3.05) is 13.7 Å². The van der Waals surface area contributed by atoms with Crippen molar-refractivity contribution in [2.45, 2.75) is 12.8 Å². The largest absolute Gasteiger partial charge is 0.496 e. The van der Waals surface area contributed by atoms with Gasteiger partial charge < -0.3 is 13.9 Å². The highest BCUT2D eigenvalue weighted by Crippen LogP contribution is 2.37. The van der Waals surface area contributed by atoms with Gasteiger partial charge in [-0.1, -0.05) is 18.2 Å². The van der Waals surface area contributed by atoms with Crippen molar-refractivity contribution in [1.82, 2.24) is 0 Å². The maximum absolute atomic E-state index is 12.2. The molecule has 0 saturated carbocycles. The van der Waals surface area contributed by atoms with Crippen molar-refractivity contribution in [2.24, 2.45) is 5.92 Å². The molecule has 0 spiro atoms. The van der Waals surface area contributed by atoms with Crippen molar-refractivity contribution in [3.8, 4) is 11.8 Å². The van der Waals surface area contributed by atoms with Gasteiger partial charge in [-0.3, -0.25) is 4.79 Å². The summed E-state index contributed by atoms with van der Waals surface area (Å²) in [6, 6.07) is 12.7. The molecule has 5 heteroatoms. The first kappa shape index (κ1) is 15.6. The van der Waals surface area contributed by atoms with E-state index in [4.69, 9.17) is 13.9 Å². The molecule has 2 atom stereocenters. The van der Waals surface area contributed by atoms with Gasteiger partial charge in [-0.25, -0.2) is 0 Å². The minimum absolute atomic E-state index is 0.216. The Kier molecular flexibility index (Phi) is 5.21. The van der Waals surface area contributed by atoms with Crippen LogP contribution < -0.4 is 4.74 Å². The molecule has 0 bridgehead atoms. The smallest absolute Gasteiger partial charge is 0.324 e. The topological polar surface area (TPSA) is 72.5 Å². The van der Waals surface area contributed by atoms with Gasteiger partial charge in [0, 0.05) is 5.56 Å². The van der Waals surface area contributed by atoms with Crippen molar-refractivity contribution in [3.05, 3.63) is 54.0 Å². The molecule has 1 heterocycles. The summed E-state index contributed by atoms with van der Waals surface area (Å²) in [6.45, 7) is 1.92. The fourth-order valence-electron chi connectivity index (χ4n) is 2.38. The first-order valence-electron chi connectivity index (χ1n) is 6.95. The highest BCUT2D eigenvalue weighted by molar-refractivity contribution is 5.77. The van der Waals surface area contributed by atoms with Crippen LogP contribution in [0.25, 0.3) is 0 Å². The van der Waals surface area contributed by atoms with Crippen LogP contribution in [0.3, 0.4) is 0 Å². The SMILES string of the molecule is CCOC(=O)[C@@H](C#N)[C@H](c1ccco1)c1ccccc1OC.